The van der Waals surface area contributed by atoms with Gasteiger partial charge in [-0.1, -0.05) is 17.8 Å². The van der Waals surface area contributed by atoms with Gasteiger partial charge in [-0.25, -0.2) is 4.98 Å². The first-order valence-electron chi connectivity index (χ1n) is 7.50. The number of allylic oxidation sites excluding steroid dienone is 1. The number of nitrogens with two attached hydrogens (primary N) is 1. The number of Topliss-reactive ketones (excluding diaryl/α,β-unsaturated/α-hetero) is 1. The molecule has 1 atom stereocenters. The van der Waals surface area contributed by atoms with Crippen LogP contribution >= 0.6 is 23.1 Å². The summed E-state index contributed by atoms with van der Waals surface area (Å²) in [5, 5.41) is 10.8. The molecule has 1 aromatic heterocycles. The maximum absolute atomic E-state index is 12.6. The summed E-state index contributed by atoms with van der Waals surface area (Å²) >= 11 is 2.50. The summed E-state index contributed by atoms with van der Waals surface area (Å²) in [6.07, 6.45) is 3.33. The zero-order chi connectivity index (χ0) is 18.7. The molecule has 3 N–H and O–H groups in total. The molecule has 9 heteroatoms. The molecule has 0 bridgehead atoms. The van der Waals surface area contributed by atoms with Crippen LogP contribution in [0.25, 0.3) is 6.08 Å². The molecule has 1 saturated heterocycles. The van der Waals surface area contributed by atoms with Crippen molar-refractivity contribution in [2.45, 2.75) is 5.92 Å². The van der Waals surface area contributed by atoms with Crippen LogP contribution in [-0.4, -0.2) is 35.4 Å². The van der Waals surface area contributed by atoms with Gasteiger partial charge in [0.05, 0.1) is 17.1 Å². The van der Waals surface area contributed by atoms with Crippen molar-refractivity contribution in [1.82, 2.24) is 4.98 Å². The molecule has 0 aliphatic carbocycles. The number of aromatic nitrogens is 1. The molecule has 1 aromatic carbocycles. The molecule has 1 aliphatic rings. The van der Waals surface area contributed by atoms with Crippen LogP contribution in [0.3, 0.4) is 0 Å². The second kappa shape index (κ2) is 7.71. The normalized spacial score (nSPS) is 18.3. The lowest BCUT2D eigenvalue weighted by Crippen LogP contribution is -2.20. The highest BCUT2D eigenvalue weighted by Gasteiger charge is 2.38. The Kier molecular flexibility index (Phi) is 5.38. The Hall–Kier alpha value is -2.65. The Morgan fingerprint density at radius 3 is 2.88 bits per heavy atom. The Labute approximate surface area is 157 Å². The molecule has 0 spiro atoms. The zero-order valence-electron chi connectivity index (χ0n) is 13.7. The molecular formula is C17H15N3O4S2. The Bertz CT molecular complexity index is 893. The number of hydrogen-bond donors (Lipinski definition) is 2. The lowest BCUT2D eigenvalue weighted by Gasteiger charge is -2.10. The number of primary amides is 1. The SMILES string of the molecule is COc1cc(C=C2SC(=N)C(c3nccs3)C2=O)ccc1OCC(N)=O. The minimum atomic E-state index is -0.619. The van der Waals surface area contributed by atoms with E-state index in [2.05, 4.69) is 4.98 Å². The number of nitrogens with zero attached hydrogens (tertiary/aromatic N) is 1. The molecule has 0 radical (unpaired) electrons. The fourth-order valence-electron chi connectivity index (χ4n) is 2.38. The van der Waals surface area contributed by atoms with Gasteiger partial charge in [-0.15, -0.1) is 11.3 Å². The van der Waals surface area contributed by atoms with Gasteiger partial charge in [0.1, 0.15) is 10.9 Å². The summed E-state index contributed by atoms with van der Waals surface area (Å²) in [6.45, 7) is -0.252. The highest BCUT2D eigenvalue weighted by atomic mass is 32.2. The Balaban J connectivity index is 1.84. The quantitative estimate of drug-likeness (QED) is 0.733. The number of ketones is 1. The van der Waals surface area contributed by atoms with E-state index < -0.39 is 11.8 Å². The minimum absolute atomic E-state index is 0.136. The highest BCUT2D eigenvalue weighted by Crippen LogP contribution is 2.41. The number of thiazole rings is 1. The molecular weight excluding hydrogens is 374 g/mol. The van der Waals surface area contributed by atoms with Gasteiger partial charge in [0.15, 0.2) is 23.9 Å². The zero-order valence-corrected chi connectivity index (χ0v) is 15.4. The number of thioether (sulfide) groups is 1. The van der Waals surface area contributed by atoms with Crippen molar-refractivity contribution in [3.8, 4) is 11.5 Å². The van der Waals surface area contributed by atoms with E-state index in [4.69, 9.17) is 20.6 Å². The molecule has 0 saturated carbocycles. The topological polar surface area (TPSA) is 115 Å². The Morgan fingerprint density at radius 2 is 2.23 bits per heavy atom. The molecule has 2 aromatic rings. The summed E-state index contributed by atoms with van der Waals surface area (Å²) in [6, 6.07) is 5.07. The third kappa shape index (κ3) is 3.78. The molecule has 1 fully saturated rings. The summed E-state index contributed by atoms with van der Waals surface area (Å²) in [7, 11) is 1.48. The van der Waals surface area contributed by atoms with Crippen LogP contribution in [0, 0.1) is 5.41 Å². The van der Waals surface area contributed by atoms with Crippen LogP contribution in [-0.2, 0) is 9.59 Å². The van der Waals surface area contributed by atoms with Gasteiger partial charge in [0, 0.05) is 11.6 Å². The van der Waals surface area contributed by atoms with E-state index in [1.54, 1.807) is 35.9 Å². The summed E-state index contributed by atoms with van der Waals surface area (Å²) in [5.74, 6) is -0.540. The molecule has 3 rings (SSSR count). The van der Waals surface area contributed by atoms with Gasteiger partial charge in [-0.2, -0.15) is 0 Å². The third-order valence-corrected chi connectivity index (χ3v) is 5.38. The van der Waals surface area contributed by atoms with E-state index in [-0.39, 0.29) is 17.4 Å². The molecule has 26 heavy (non-hydrogen) atoms. The lowest BCUT2D eigenvalue weighted by molar-refractivity contribution is -0.120. The number of methoxy groups -OCH3 is 1. The van der Waals surface area contributed by atoms with Gasteiger partial charge in [0.2, 0.25) is 0 Å². The third-order valence-electron chi connectivity index (χ3n) is 3.54. The van der Waals surface area contributed by atoms with Crippen LogP contribution in [0.1, 0.15) is 16.5 Å². The first-order valence-corrected chi connectivity index (χ1v) is 9.20. The maximum Gasteiger partial charge on any atom is 0.255 e. The van der Waals surface area contributed by atoms with Crippen molar-refractivity contribution in [2.24, 2.45) is 5.73 Å². The van der Waals surface area contributed by atoms with Gasteiger partial charge < -0.3 is 15.2 Å². The van der Waals surface area contributed by atoms with Crippen molar-refractivity contribution >= 4 is 45.9 Å². The highest BCUT2D eigenvalue weighted by molar-refractivity contribution is 8.19. The lowest BCUT2D eigenvalue weighted by atomic mass is 10.0. The van der Waals surface area contributed by atoms with Crippen molar-refractivity contribution in [1.29, 1.82) is 5.41 Å². The smallest absolute Gasteiger partial charge is 0.255 e. The first-order chi connectivity index (χ1) is 12.5. The van der Waals surface area contributed by atoms with E-state index in [9.17, 15) is 9.59 Å². The Morgan fingerprint density at radius 1 is 1.42 bits per heavy atom. The monoisotopic (exact) mass is 389 g/mol. The molecule has 1 aliphatic heterocycles. The van der Waals surface area contributed by atoms with Gasteiger partial charge >= 0.3 is 0 Å². The number of benzene rings is 1. The van der Waals surface area contributed by atoms with E-state index in [1.165, 1.54) is 18.4 Å². The number of ether oxygens (including phenoxy) is 2. The van der Waals surface area contributed by atoms with Crippen LogP contribution in [0.15, 0.2) is 34.7 Å². The average molecular weight is 389 g/mol. The number of carbonyl (C=O) groups is 2. The molecule has 1 amide bonds. The number of amides is 1. The van der Waals surface area contributed by atoms with E-state index in [0.717, 1.165) is 17.3 Å². The van der Waals surface area contributed by atoms with Crippen LogP contribution in [0.2, 0.25) is 0 Å². The minimum Gasteiger partial charge on any atom is -0.493 e. The first kappa shape index (κ1) is 18.2. The maximum atomic E-state index is 12.6. The summed E-state index contributed by atoms with van der Waals surface area (Å²) in [4.78, 5) is 28.1. The second-order valence-corrected chi connectivity index (χ2v) is 7.32. The van der Waals surface area contributed by atoms with Crippen molar-refractivity contribution in [3.05, 3.63) is 45.3 Å². The van der Waals surface area contributed by atoms with E-state index in [1.807, 2.05) is 0 Å². The van der Waals surface area contributed by atoms with Crippen LogP contribution in [0.4, 0.5) is 0 Å². The number of nitrogens with one attached hydrogen (secondary N) is 1. The van der Waals surface area contributed by atoms with Crippen molar-refractivity contribution in [3.63, 3.8) is 0 Å². The van der Waals surface area contributed by atoms with Gasteiger partial charge in [-0.3, -0.25) is 15.0 Å². The number of rotatable bonds is 6. The van der Waals surface area contributed by atoms with Crippen molar-refractivity contribution in [2.75, 3.05) is 13.7 Å². The number of hydrogen-bond acceptors (Lipinski definition) is 8. The fourth-order valence-corrected chi connectivity index (χ4v) is 4.19. The van der Waals surface area contributed by atoms with Crippen LogP contribution < -0.4 is 15.2 Å². The van der Waals surface area contributed by atoms with Crippen molar-refractivity contribution < 1.29 is 19.1 Å². The summed E-state index contributed by atoms with van der Waals surface area (Å²) < 4.78 is 10.5. The number of carbonyl (C=O) groups excluding carboxylic acids is 2. The van der Waals surface area contributed by atoms with Gasteiger partial charge in [-0.05, 0) is 23.8 Å². The van der Waals surface area contributed by atoms with Gasteiger partial charge in [0.25, 0.3) is 5.91 Å². The van der Waals surface area contributed by atoms with E-state index in [0.29, 0.717) is 21.4 Å². The largest absolute Gasteiger partial charge is 0.493 e. The predicted molar refractivity (Wildman–Crippen MR) is 101 cm³/mol. The van der Waals surface area contributed by atoms with E-state index >= 15 is 0 Å². The molecule has 134 valence electrons. The standard InChI is InChI=1S/C17H15N3O4S2/c1-23-11-6-9(2-3-10(11)24-8-13(18)21)7-12-15(22)14(16(19)26-12)17-20-4-5-25-17/h2-7,14,19H,8H2,1H3,(H2,18,21). The van der Waals surface area contributed by atoms with Crippen LogP contribution in [0.5, 0.6) is 11.5 Å². The molecule has 7 nitrogen and oxygen atoms in total. The fraction of sp³-hybridized carbons (Fsp3) is 0.176. The predicted octanol–water partition coefficient (Wildman–Crippen LogP) is 2.43. The second-order valence-electron chi connectivity index (χ2n) is 5.31. The average Bonchev–Trinajstić information content (AvgIpc) is 3.22. The summed E-state index contributed by atoms with van der Waals surface area (Å²) in [5.41, 5.74) is 5.79. The molecule has 1 unspecified atom stereocenters. The molecule has 2 heterocycles.